The van der Waals surface area contributed by atoms with Gasteiger partial charge in [-0.15, -0.1) is 0 Å². The minimum atomic E-state index is -2.66. The van der Waals surface area contributed by atoms with Gasteiger partial charge < -0.3 is 30.6 Å². The summed E-state index contributed by atoms with van der Waals surface area (Å²) in [7, 11) is 3.12. The number of Topliss-reactive ketones (excluding diaryl/α,β-unsaturated/α-hetero) is 2. The minimum Gasteiger partial charge on any atom is -0.508 e. The third kappa shape index (κ3) is 2.94. The fourth-order valence-corrected chi connectivity index (χ4v) is 6.12. The van der Waals surface area contributed by atoms with Crippen LogP contribution < -0.4 is 5.73 Å². The summed E-state index contributed by atoms with van der Waals surface area (Å²) >= 11 is 0. The Bertz CT molecular complexity index is 1400. The van der Waals surface area contributed by atoms with E-state index in [2.05, 4.69) is 0 Å². The number of hydrogen-bond donors (Lipinski definition) is 5. The van der Waals surface area contributed by atoms with Crippen molar-refractivity contribution in [1.29, 1.82) is 0 Å². The lowest BCUT2D eigenvalue weighted by atomic mass is 9.57. The maximum Gasteiger partial charge on any atom is 0.255 e. The number of ketones is 2. The molecule has 1 fully saturated rings. The Morgan fingerprint density at radius 3 is 2.50 bits per heavy atom. The minimum absolute atomic E-state index is 0.0330. The molecule has 0 saturated heterocycles. The molecular weight excluding hydrogens is 468 g/mol. The third-order valence-corrected chi connectivity index (χ3v) is 7.74. The van der Waals surface area contributed by atoms with E-state index in [0.29, 0.717) is 16.7 Å². The quantitative estimate of drug-likeness (QED) is 0.396. The van der Waals surface area contributed by atoms with Gasteiger partial charge in [-0.25, -0.2) is 0 Å². The van der Waals surface area contributed by atoms with E-state index in [1.807, 2.05) is 0 Å². The largest absolute Gasteiger partial charge is 0.508 e. The number of nitrogens with two attached hydrogens (primary N) is 1. The zero-order valence-corrected chi connectivity index (χ0v) is 19.9. The van der Waals surface area contributed by atoms with Gasteiger partial charge in [-0.3, -0.25) is 19.3 Å². The molecule has 3 aliphatic rings. The molecular formula is C26H26N2O8. The Hall–Kier alpha value is -3.89. The van der Waals surface area contributed by atoms with Crippen LogP contribution in [0.2, 0.25) is 0 Å². The summed E-state index contributed by atoms with van der Waals surface area (Å²) < 4.78 is 5.22. The third-order valence-electron chi connectivity index (χ3n) is 7.74. The lowest BCUT2D eigenvalue weighted by Crippen LogP contribution is -2.65. The highest BCUT2D eigenvalue weighted by Gasteiger charge is 2.64. The van der Waals surface area contributed by atoms with Crippen molar-refractivity contribution in [2.24, 2.45) is 17.6 Å². The number of benzene rings is 1. The van der Waals surface area contributed by atoms with Crippen LogP contribution in [0.4, 0.5) is 0 Å². The van der Waals surface area contributed by atoms with E-state index < -0.39 is 58.0 Å². The first-order valence-corrected chi connectivity index (χ1v) is 11.4. The summed E-state index contributed by atoms with van der Waals surface area (Å²) in [6.07, 6.45) is 3.27. The highest BCUT2D eigenvalue weighted by atomic mass is 16.3. The number of amides is 1. The highest BCUT2D eigenvalue weighted by Crippen LogP contribution is 2.54. The predicted octanol–water partition coefficient (Wildman–Crippen LogP) is 1.53. The molecule has 10 heteroatoms. The van der Waals surface area contributed by atoms with Crippen LogP contribution in [0.15, 0.2) is 46.0 Å². The smallest absolute Gasteiger partial charge is 0.255 e. The molecule has 6 N–H and O–H groups in total. The molecule has 0 radical (unpaired) electrons. The van der Waals surface area contributed by atoms with Crippen LogP contribution >= 0.6 is 0 Å². The number of likely N-dealkylation sites (N-methyl/N-ethyl adjacent to an activating group) is 1. The predicted molar refractivity (Wildman–Crippen MR) is 127 cm³/mol. The van der Waals surface area contributed by atoms with Crippen molar-refractivity contribution in [3.8, 4) is 16.9 Å². The molecule has 0 spiro atoms. The van der Waals surface area contributed by atoms with Gasteiger partial charge in [-0.2, -0.15) is 0 Å². The molecule has 1 aromatic carbocycles. The van der Waals surface area contributed by atoms with Crippen molar-refractivity contribution in [3.05, 3.63) is 58.3 Å². The monoisotopic (exact) mass is 494 g/mol. The number of aliphatic hydroxyl groups excluding tert-OH is 2. The molecule has 36 heavy (non-hydrogen) atoms. The molecule has 10 nitrogen and oxygen atoms in total. The second kappa shape index (κ2) is 7.81. The van der Waals surface area contributed by atoms with E-state index in [0.717, 1.165) is 5.56 Å². The standard InChI is InChI=1S/C26H26N2O8/c1-10-6-13(11-4-5-36-9-11)14-7-12-8-15-19(28(2)3)22(31)18(25(27)34)24(33)26(15,35)23(32)16(12)21(30)17(14)20(10)29/h4-6,9,12,15,19,29-30,33,35H,7-8H2,1-3H3,(H2,27,34)/t12-,15-,19-,26-/m1/s1. The van der Waals surface area contributed by atoms with Gasteiger partial charge in [0.1, 0.15) is 22.8 Å². The number of aryl methyl sites for hydroxylation is 1. The van der Waals surface area contributed by atoms with Crippen LogP contribution in [0.5, 0.6) is 5.75 Å². The first-order chi connectivity index (χ1) is 16.9. The molecule has 0 bridgehead atoms. The van der Waals surface area contributed by atoms with Crippen molar-refractivity contribution in [1.82, 2.24) is 4.90 Å². The number of carbonyl (C=O) groups is 3. The van der Waals surface area contributed by atoms with Crippen LogP contribution in [-0.2, 0) is 20.8 Å². The first kappa shape index (κ1) is 23.8. The molecule has 1 aromatic heterocycles. The Labute approximate surface area is 205 Å². The van der Waals surface area contributed by atoms with E-state index in [1.165, 1.54) is 17.4 Å². The number of aliphatic hydroxyl groups is 3. The van der Waals surface area contributed by atoms with Crippen molar-refractivity contribution in [2.75, 3.05) is 14.1 Å². The molecule has 5 rings (SSSR count). The topological polar surface area (TPSA) is 175 Å². The SMILES string of the molecule is Cc1cc(-c2ccoc2)c2c(c1O)C(O)=C1C(=O)[C@@]3(O)C(O)=C(C(N)=O)C(=O)[C@H](N(C)C)[C@H]3C[C@H]1C2. The fraction of sp³-hybridized carbons (Fsp3) is 0.346. The van der Waals surface area contributed by atoms with Gasteiger partial charge in [0, 0.05) is 17.1 Å². The van der Waals surface area contributed by atoms with Crippen LogP contribution in [0.25, 0.3) is 16.9 Å². The molecule has 1 saturated carbocycles. The molecule has 1 amide bonds. The van der Waals surface area contributed by atoms with Crippen molar-refractivity contribution < 1.29 is 39.2 Å². The Kier molecular flexibility index (Phi) is 5.17. The maximum atomic E-state index is 13.9. The van der Waals surface area contributed by atoms with Gasteiger partial charge >= 0.3 is 0 Å². The number of carbonyl (C=O) groups excluding carboxylic acids is 3. The van der Waals surface area contributed by atoms with Crippen LogP contribution in [0.3, 0.4) is 0 Å². The summed E-state index contributed by atoms with van der Waals surface area (Å²) in [6, 6.07) is 2.38. The Morgan fingerprint density at radius 1 is 1.22 bits per heavy atom. The number of hydrogen-bond acceptors (Lipinski definition) is 9. The second-order valence-corrected chi connectivity index (χ2v) is 9.92. The van der Waals surface area contributed by atoms with E-state index in [1.54, 1.807) is 33.2 Å². The van der Waals surface area contributed by atoms with E-state index in [9.17, 15) is 34.8 Å². The second-order valence-electron chi connectivity index (χ2n) is 9.92. The van der Waals surface area contributed by atoms with Gasteiger partial charge in [0.15, 0.2) is 11.4 Å². The van der Waals surface area contributed by atoms with E-state index in [-0.39, 0.29) is 29.7 Å². The Morgan fingerprint density at radius 2 is 1.92 bits per heavy atom. The average Bonchev–Trinajstić information content (AvgIpc) is 3.33. The van der Waals surface area contributed by atoms with Crippen LogP contribution in [0.1, 0.15) is 23.1 Å². The van der Waals surface area contributed by atoms with Crippen LogP contribution in [-0.4, -0.2) is 68.5 Å². The van der Waals surface area contributed by atoms with Crippen molar-refractivity contribution in [2.45, 2.75) is 31.4 Å². The van der Waals surface area contributed by atoms with Crippen molar-refractivity contribution in [3.63, 3.8) is 0 Å². The summed E-state index contributed by atoms with van der Waals surface area (Å²) in [5.41, 5.74) is 4.18. The molecule has 0 unspecified atom stereocenters. The van der Waals surface area contributed by atoms with E-state index in [4.69, 9.17) is 10.2 Å². The van der Waals surface area contributed by atoms with Gasteiger partial charge in [-0.1, -0.05) is 0 Å². The van der Waals surface area contributed by atoms with Crippen LogP contribution in [0, 0.1) is 18.8 Å². The molecule has 4 atom stereocenters. The van der Waals surface area contributed by atoms with Gasteiger partial charge in [-0.05, 0) is 68.6 Å². The summed E-state index contributed by atoms with van der Waals surface area (Å²) in [4.78, 5) is 40.5. The number of nitrogens with zero attached hydrogens (tertiary/aromatic N) is 1. The lowest BCUT2D eigenvalue weighted by molar-refractivity contribution is -0.153. The molecule has 3 aliphatic carbocycles. The number of phenolic OH excluding ortho intramolecular Hbond substituents is 1. The first-order valence-electron chi connectivity index (χ1n) is 11.4. The van der Waals surface area contributed by atoms with Crippen molar-refractivity contribution >= 4 is 23.2 Å². The molecule has 1 heterocycles. The molecule has 2 aromatic rings. The number of rotatable bonds is 3. The fourth-order valence-electron chi connectivity index (χ4n) is 6.12. The normalized spacial score (nSPS) is 27.8. The van der Waals surface area contributed by atoms with Gasteiger partial charge in [0.05, 0.1) is 24.1 Å². The number of primary amides is 1. The summed E-state index contributed by atoms with van der Waals surface area (Å²) in [5, 5.41) is 44.7. The molecule has 0 aliphatic heterocycles. The highest BCUT2D eigenvalue weighted by molar-refractivity contribution is 6.24. The maximum absolute atomic E-state index is 13.9. The number of fused-ring (bicyclic) bond motifs is 3. The zero-order valence-electron chi connectivity index (χ0n) is 19.9. The lowest BCUT2D eigenvalue weighted by Gasteiger charge is -2.50. The van der Waals surface area contributed by atoms with Gasteiger partial charge in [0.2, 0.25) is 5.78 Å². The van der Waals surface area contributed by atoms with Gasteiger partial charge in [0.25, 0.3) is 5.91 Å². The summed E-state index contributed by atoms with van der Waals surface area (Å²) in [5.74, 6) is -6.68. The number of phenols is 1. The zero-order chi connectivity index (χ0) is 26.3. The summed E-state index contributed by atoms with van der Waals surface area (Å²) in [6.45, 7) is 1.65. The number of aromatic hydroxyl groups is 1. The average molecular weight is 495 g/mol. The van der Waals surface area contributed by atoms with E-state index >= 15 is 0 Å². The number of furan rings is 1. The molecule has 188 valence electrons. The Balaban J connectivity index is 1.77.